The highest BCUT2D eigenvalue weighted by atomic mass is 16.6. The van der Waals surface area contributed by atoms with Crippen molar-refractivity contribution in [2.75, 3.05) is 18.5 Å². The van der Waals surface area contributed by atoms with Crippen molar-refractivity contribution in [2.45, 2.75) is 32.2 Å². The van der Waals surface area contributed by atoms with E-state index in [0.717, 1.165) is 25.8 Å². The first-order chi connectivity index (χ1) is 13.9. The smallest absolute Gasteiger partial charge is 0.270 e. The van der Waals surface area contributed by atoms with Gasteiger partial charge in [0.2, 0.25) is 0 Å². The zero-order chi connectivity index (χ0) is 20.8. The van der Waals surface area contributed by atoms with Gasteiger partial charge in [0.15, 0.2) is 6.61 Å². The van der Waals surface area contributed by atoms with Gasteiger partial charge in [-0.25, -0.2) is 0 Å². The number of likely N-dealkylation sites (tertiary alicyclic amines) is 1. The van der Waals surface area contributed by atoms with Crippen molar-refractivity contribution < 1.29 is 19.2 Å². The Balaban J connectivity index is 1.54. The van der Waals surface area contributed by atoms with Gasteiger partial charge in [0.25, 0.3) is 17.5 Å². The molecule has 0 unspecified atom stereocenters. The number of non-ortho nitro benzene ring substituents is 1. The summed E-state index contributed by atoms with van der Waals surface area (Å²) in [4.78, 5) is 36.7. The molecule has 1 aliphatic heterocycles. The number of ether oxygens (including phenoxy) is 1. The Morgan fingerprint density at radius 1 is 1.21 bits per heavy atom. The van der Waals surface area contributed by atoms with E-state index in [1.54, 1.807) is 24.3 Å². The van der Waals surface area contributed by atoms with Crippen LogP contribution in [-0.4, -0.2) is 40.8 Å². The molecular formula is C21H23N3O5. The number of nitrogens with one attached hydrogen (secondary N) is 1. The summed E-state index contributed by atoms with van der Waals surface area (Å²) in [7, 11) is 0. The van der Waals surface area contributed by atoms with Gasteiger partial charge in [0, 0.05) is 36.0 Å². The minimum absolute atomic E-state index is 0.0241. The molecule has 3 rings (SSSR count). The summed E-state index contributed by atoms with van der Waals surface area (Å²) in [6.45, 7) is 2.80. The molecule has 2 amide bonds. The molecule has 8 nitrogen and oxygen atoms in total. The van der Waals surface area contributed by atoms with Crippen LogP contribution in [0.4, 0.5) is 11.4 Å². The maximum Gasteiger partial charge on any atom is 0.270 e. The summed E-state index contributed by atoms with van der Waals surface area (Å²) in [5.41, 5.74) is 0.569. The lowest BCUT2D eigenvalue weighted by atomic mass is 10.0. The van der Waals surface area contributed by atoms with Crippen LogP contribution in [0.2, 0.25) is 0 Å². The first kappa shape index (κ1) is 20.3. The zero-order valence-electron chi connectivity index (χ0n) is 16.2. The van der Waals surface area contributed by atoms with Crippen LogP contribution in [0, 0.1) is 10.1 Å². The van der Waals surface area contributed by atoms with E-state index < -0.39 is 10.8 Å². The molecule has 1 heterocycles. The van der Waals surface area contributed by atoms with Gasteiger partial charge in [0.1, 0.15) is 5.75 Å². The summed E-state index contributed by atoms with van der Waals surface area (Å²) >= 11 is 0. The molecule has 1 atom stereocenters. The highest BCUT2D eigenvalue weighted by Gasteiger charge is 2.23. The van der Waals surface area contributed by atoms with Crippen LogP contribution >= 0.6 is 0 Å². The predicted octanol–water partition coefficient (Wildman–Crippen LogP) is 3.63. The molecule has 2 aromatic rings. The number of carbonyl (C=O) groups excluding carboxylic acids is 2. The summed E-state index contributed by atoms with van der Waals surface area (Å²) in [6.07, 6.45) is 3.19. The van der Waals surface area contributed by atoms with Crippen molar-refractivity contribution in [2.24, 2.45) is 0 Å². The lowest BCUT2D eigenvalue weighted by Crippen LogP contribution is -2.44. The topological polar surface area (TPSA) is 102 Å². The van der Waals surface area contributed by atoms with E-state index in [-0.39, 0.29) is 29.8 Å². The van der Waals surface area contributed by atoms with Gasteiger partial charge in [-0.05, 0) is 56.5 Å². The van der Waals surface area contributed by atoms with Gasteiger partial charge in [-0.1, -0.05) is 6.07 Å². The number of hydrogen-bond donors (Lipinski definition) is 1. The van der Waals surface area contributed by atoms with Crippen molar-refractivity contribution >= 4 is 23.2 Å². The Morgan fingerprint density at radius 3 is 2.66 bits per heavy atom. The summed E-state index contributed by atoms with van der Waals surface area (Å²) in [5.74, 6) is 0.0493. The molecule has 2 aromatic carbocycles. The molecule has 0 saturated carbocycles. The standard InChI is InChI=1S/C21H23N3O5/c1-15-5-2-3-12-23(15)20(25)14-29-19-10-8-17(9-11-19)22-21(26)16-6-4-7-18(13-16)24(27)28/h4,6-11,13,15H,2-3,5,12,14H2,1H3,(H,22,26)/t15-/m0/s1. The summed E-state index contributed by atoms with van der Waals surface area (Å²) in [5, 5.41) is 13.5. The molecule has 0 aliphatic carbocycles. The van der Waals surface area contributed by atoms with Crippen LogP contribution in [0.25, 0.3) is 0 Å². The molecule has 1 aliphatic rings. The molecular weight excluding hydrogens is 374 g/mol. The van der Waals surface area contributed by atoms with Crippen molar-refractivity contribution in [3.8, 4) is 5.75 Å². The first-order valence-electron chi connectivity index (χ1n) is 9.52. The summed E-state index contributed by atoms with van der Waals surface area (Å²) in [6, 6.07) is 12.4. The molecule has 0 bridgehead atoms. The van der Waals surface area contributed by atoms with Crippen molar-refractivity contribution in [3.63, 3.8) is 0 Å². The van der Waals surface area contributed by atoms with E-state index in [9.17, 15) is 19.7 Å². The average Bonchev–Trinajstić information content (AvgIpc) is 2.73. The molecule has 152 valence electrons. The number of amides is 2. The van der Waals surface area contributed by atoms with E-state index in [4.69, 9.17) is 4.74 Å². The van der Waals surface area contributed by atoms with Crippen LogP contribution in [0.5, 0.6) is 5.75 Å². The number of anilines is 1. The Bertz CT molecular complexity index is 897. The maximum absolute atomic E-state index is 12.3. The number of nitro groups is 1. The van der Waals surface area contributed by atoms with Gasteiger partial charge in [-0.3, -0.25) is 19.7 Å². The molecule has 1 fully saturated rings. The number of benzene rings is 2. The van der Waals surface area contributed by atoms with Crippen LogP contribution < -0.4 is 10.1 Å². The summed E-state index contributed by atoms with van der Waals surface area (Å²) < 4.78 is 5.58. The molecule has 0 aromatic heterocycles. The molecule has 1 N–H and O–H groups in total. The normalized spacial score (nSPS) is 16.2. The van der Waals surface area contributed by atoms with Crippen molar-refractivity contribution in [1.82, 2.24) is 4.90 Å². The number of piperidine rings is 1. The molecule has 0 spiro atoms. The predicted molar refractivity (Wildman–Crippen MR) is 108 cm³/mol. The van der Waals surface area contributed by atoms with E-state index in [1.165, 1.54) is 24.3 Å². The van der Waals surface area contributed by atoms with Gasteiger partial charge >= 0.3 is 0 Å². The highest BCUT2D eigenvalue weighted by molar-refractivity contribution is 6.04. The lowest BCUT2D eigenvalue weighted by molar-refractivity contribution is -0.384. The van der Waals surface area contributed by atoms with Crippen molar-refractivity contribution in [1.29, 1.82) is 0 Å². The second-order valence-electron chi connectivity index (χ2n) is 7.01. The molecule has 1 saturated heterocycles. The monoisotopic (exact) mass is 397 g/mol. The number of hydrogen-bond acceptors (Lipinski definition) is 5. The number of nitro benzene ring substituents is 1. The lowest BCUT2D eigenvalue weighted by Gasteiger charge is -2.33. The SMILES string of the molecule is C[C@H]1CCCCN1C(=O)COc1ccc(NC(=O)c2cccc([N+](=O)[O-])c2)cc1. The van der Waals surface area contributed by atoms with Crippen molar-refractivity contribution in [3.05, 3.63) is 64.2 Å². The molecule has 29 heavy (non-hydrogen) atoms. The van der Waals surface area contributed by atoms with Crippen LogP contribution in [0.3, 0.4) is 0 Å². The average molecular weight is 397 g/mol. The first-order valence-corrected chi connectivity index (χ1v) is 9.52. The van der Waals surface area contributed by atoms with Crippen LogP contribution in [-0.2, 0) is 4.79 Å². The fourth-order valence-corrected chi connectivity index (χ4v) is 3.30. The maximum atomic E-state index is 12.3. The van der Waals surface area contributed by atoms with E-state index in [1.807, 2.05) is 4.90 Å². The third-order valence-electron chi connectivity index (χ3n) is 4.92. The number of carbonyl (C=O) groups is 2. The molecule has 0 radical (unpaired) electrons. The fourth-order valence-electron chi connectivity index (χ4n) is 3.30. The van der Waals surface area contributed by atoms with E-state index in [0.29, 0.717) is 11.4 Å². The Kier molecular flexibility index (Phi) is 6.43. The van der Waals surface area contributed by atoms with Crippen LogP contribution in [0.15, 0.2) is 48.5 Å². The van der Waals surface area contributed by atoms with Gasteiger partial charge in [-0.2, -0.15) is 0 Å². The second-order valence-corrected chi connectivity index (χ2v) is 7.01. The second kappa shape index (κ2) is 9.18. The van der Waals surface area contributed by atoms with Gasteiger partial charge in [-0.15, -0.1) is 0 Å². The van der Waals surface area contributed by atoms with Gasteiger partial charge < -0.3 is 15.0 Å². The Morgan fingerprint density at radius 2 is 1.97 bits per heavy atom. The number of nitrogens with zero attached hydrogens (tertiary/aromatic N) is 2. The third kappa shape index (κ3) is 5.31. The zero-order valence-corrected chi connectivity index (χ0v) is 16.2. The number of rotatable bonds is 6. The Hall–Kier alpha value is -3.42. The van der Waals surface area contributed by atoms with Crippen LogP contribution in [0.1, 0.15) is 36.5 Å². The largest absolute Gasteiger partial charge is 0.484 e. The minimum Gasteiger partial charge on any atom is -0.484 e. The van der Waals surface area contributed by atoms with E-state index >= 15 is 0 Å². The molecule has 8 heteroatoms. The highest BCUT2D eigenvalue weighted by Crippen LogP contribution is 2.20. The van der Waals surface area contributed by atoms with E-state index in [2.05, 4.69) is 12.2 Å². The third-order valence-corrected chi connectivity index (χ3v) is 4.92. The minimum atomic E-state index is -0.547. The van der Waals surface area contributed by atoms with Gasteiger partial charge in [0.05, 0.1) is 4.92 Å². The Labute approximate surface area is 168 Å². The quantitative estimate of drug-likeness (QED) is 0.592. The fraction of sp³-hybridized carbons (Fsp3) is 0.333.